The Hall–Kier alpha value is -0.490. The van der Waals surface area contributed by atoms with Crippen molar-refractivity contribution < 1.29 is 25.2 Å². The van der Waals surface area contributed by atoms with Crippen LogP contribution in [0, 0.1) is 0 Å². The fourth-order valence-electron chi connectivity index (χ4n) is 1.38. The highest BCUT2D eigenvalue weighted by Gasteiger charge is 2.37. The molecule has 0 bridgehead atoms. The van der Waals surface area contributed by atoms with E-state index >= 15 is 0 Å². The molecule has 0 rings (SSSR count). The Kier molecular flexibility index (Phi) is 7.49. The van der Waals surface area contributed by atoms with Gasteiger partial charge in [-0.1, -0.05) is 32.6 Å². The van der Waals surface area contributed by atoms with Crippen molar-refractivity contribution in [2.45, 2.75) is 57.3 Å². The third-order valence-corrected chi connectivity index (χ3v) is 2.50. The predicted molar refractivity (Wildman–Crippen MR) is 58.6 cm³/mol. The van der Waals surface area contributed by atoms with Crippen LogP contribution in [0.1, 0.15) is 45.4 Å². The van der Waals surface area contributed by atoms with Crippen LogP contribution in [-0.4, -0.2) is 44.7 Å². The minimum atomic E-state index is -2.72. The van der Waals surface area contributed by atoms with E-state index in [-0.39, 0.29) is 6.42 Å². The molecule has 0 aromatic heterocycles. The molecule has 1 unspecified atom stereocenters. The molecule has 16 heavy (non-hydrogen) atoms. The summed E-state index contributed by atoms with van der Waals surface area (Å²) in [6.07, 6.45) is 2.93. The van der Waals surface area contributed by atoms with Crippen LogP contribution >= 0.6 is 0 Å². The van der Waals surface area contributed by atoms with Gasteiger partial charge < -0.3 is 20.4 Å². The van der Waals surface area contributed by atoms with E-state index in [1.54, 1.807) is 0 Å². The maximum Gasteiger partial charge on any atom is 0.220 e. The van der Waals surface area contributed by atoms with Crippen molar-refractivity contribution in [3.63, 3.8) is 0 Å². The Morgan fingerprint density at radius 3 is 2.25 bits per heavy atom. The summed E-state index contributed by atoms with van der Waals surface area (Å²) < 4.78 is 0. The van der Waals surface area contributed by atoms with Crippen molar-refractivity contribution in [1.82, 2.24) is 0 Å². The quantitative estimate of drug-likeness (QED) is 0.331. The molecule has 5 nitrogen and oxygen atoms in total. The third kappa shape index (κ3) is 5.55. The number of hydrogen-bond acceptors (Lipinski definition) is 5. The molecule has 5 heteroatoms. The molecular formula is C11H22O5. The molecule has 0 amide bonds. The SMILES string of the molecule is CCCCCCCC(=O)C(O)C(O)(O)CO. The van der Waals surface area contributed by atoms with Gasteiger partial charge in [0.25, 0.3) is 0 Å². The summed E-state index contributed by atoms with van der Waals surface area (Å²) in [5, 5.41) is 35.9. The molecule has 0 spiro atoms. The van der Waals surface area contributed by atoms with Gasteiger partial charge in [-0.15, -0.1) is 0 Å². The Morgan fingerprint density at radius 2 is 1.75 bits per heavy atom. The van der Waals surface area contributed by atoms with Crippen LogP contribution < -0.4 is 0 Å². The first-order valence-electron chi connectivity index (χ1n) is 5.72. The first kappa shape index (κ1) is 15.5. The molecule has 0 aliphatic heterocycles. The molecular weight excluding hydrogens is 212 g/mol. The molecule has 0 aromatic carbocycles. The number of Topliss-reactive ketones (excluding diaryl/α,β-unsaturated/α-hetero) is 1. The number of aliphatic hydroxyl groups excluding tert-OH is 2. The van der Waals surface area contributed by atoms with E-state index < -0.39 is 24.3 Å². The number of hydrogen-bond donors (Lipinski definition) is 4. The van der Waals surface area contributed by atoms with Crippen LogP contribution in [-0.2, 0) is 4.79 Å². The van der Waals surface area contributed by atoms with E-state index in [1.165, 1.54) is 0 Å². The lowest BCUT2D eigenvalue weighted by molar-refractivity contribution is -0.238. The first-order valence-corrected chi connectivity index (χ1v) is 5.72. The van der Waals surface area contributed by atoms with E-state index in [1.807, 2.05) is 0 Å². The molecule has 0 aliphatic rings. The van der Waals surface area contributed by atoms with Gasteiger partial charge in [-0.25, -0.2) is 0 Å². The van der Waals surface area contributed by atoms with Crippen LogP contribution in [0.25, 0.3) is 0 Å². The number of unbranched alkanes of at least 4 members (excludes halogenated alkanes) is 4. The van der Waals surface area contributed by atoms with Crippen LogP contribution in [0.5, 0.6) is 0 Å². The largest absolute Gasteiger partial charge is 0.391 e. The number of aliphatic hydroxyl groups is 4. The van der Waals surface area contributed by atoms with Gasteiger partial charge in [0.15, 0.2) is 11.9 Å². The highest BCUT2D eigenvalue weighted by Crippen LogP contribution is 2.12. The fraction of sp³-hybridized carbons (Fsp3) is 0.909. The van der Waals surface area contributed by atoms with Gasteiger partial charge in [0, 0.05) is 6.42 Å². The van der Waals surface area contributed by atoms with Crippen molar-refractivity contribution in [2.75, 3.05) is 6.61 Å². The van der Waals surface area contributed by atoms with E-state index in [0.29, 0.717) is 6.42 Å². The molecule has 0 saturated heterocycles. The summed E-state index contributed by atoms with van der Waals surface area (Å²) in [5.41, 5.74) is 0. The van der Waals surface area contributed by atoms with Crippen LogP contribution in [0.2, 0.25) is 0 Å². The van der Waals surface area contributed by atoms with Crippen LogP contribution in [0.15, 0.2) is 0 Å². The Labute approximate surface area is 95.7 Å². The number of carbonyl (C=O) groups excluding carboxylic acids is 1. The molecule has 0 aliphatic carbocycles. The van der Waals surface area contributed by atoms with E-state index in [9.17, 15) is 9.90 Å². The molecule has 0 saturated carbocycles. The predicted octanol–water partition coefficient (Wildman–Crippen LogP) is -0.0499. The highest BCUT2D eigenvalue weighted by molar-refractivity contribution is 5.83. The summed E-state index contributed by atoms with van der Waals surface area (Å²) in [5.74, 6) is -3.36. The van der Waals surface area contributed by atoms with Gasteiger partial charge in [0.2, 0.25) is 5.79 Å². The Bertz CT molecular complexity index is 203. The summed E-state index contributed by atoms with van der Waals surface area (Å²) in [6.45, 7) is 1.03. The van der Waals surface area contributed by atoms with E-state index in [4.69, 9.17) is 15.3 Å². The zero-order valence-electron chi connectivity index (χ0n) is 9.72. The lowest BCUT2D eigenvalue weighted by atomic mass is 10.0. The maximum absolute atomic E-state index is 11.3. The normalized spacial score (nSPS) is 13.8. The van der Waals surface area contributed by atoms with Crippen molar-refractivity contribution in [3.8, 4) is 0 Å². The van der Waals surface area contributed by atoms with Crippen molar-refractivity contribution in [2.24, 2.45) is 0 Å². The van der Waals surface area contributed by atoms with E-state index in [2.05, 4.69) is 6.92 Å². The molecule has 96 valence electrons. The van der Waals surface area contributed by atoms with Gasteiger partial charge >= 0.3 is 0 Å². The lowest BCUT2D eigenvalue weighted by Crippen LogP contribution is -2.49. The van der Waals surface area contributed by atoms with Gasteiger partial charge in [0.05, 0.1) is 6.61 Å². The minimum Gasteiger partial charge on any atom is -0.391 e. The minimum absolute atomic E-state index is 0.105. The smallest absolute Gasteiger partial charge is 0.220 e. The summed E-state index contributed by atoms with van der Waals surface area (Å²) in [7, 11) is 0. The second-order valence-corrected chi connectivity index (χ2v) is 4.07. The average molecular weight is 234 g/mol. The molecule has 0 radical (unpaired) electrons. The number of carbonyl (C=O) groups is 1. The van der Waals surface area contributed by atoms with E-state index in [0.717, 1.165) is 25.7 Å². The van der Waals surface area contributed by atoms with Gasteiger partial charge in [0.1, 0.15) is 0 Å². The zero-order valence-corrected chi connectivity index (χ0v) is 9.72. The molecule has 1 atom stereocenters. The first-order chi connectivity index (χ1) is 7.45. The monoisotopic (exact) mass is 234 g/mol. The molecule has 4 N–H and O–H groups in total. The fourth-order valence-corrected chi connectivity index (χ4v) is 1.38. The Balaban J connectivity index is 3.80. The highest BCUT2D eigenvalue weighted by atomic mass is 16.5. The van der Waals surface area contributed by atoms with Crippen LogP contribution in [0.4, 0.5) is 0 Å². The standard InChI is InChI=1S/C11H22O5/c1-2-3-4-5-6-7-9(13)10(14)11(15,16)8-12/h10,12,14-16H,2-8H2,1H3. The zero-order chi connectivity index (χ0) is 12.6. The van der Waals surface area contributed by atoms with Gasteiger partial charge in [-0.3, -0.25) is 4.79 Å². The third-order valence-electron chi connectivity index (χ3n) is 2.50. The molecule has 0 heterocycles. The van der Waals surface area contributed by atoms with Gasteiger partial charge in [-0.2, -0.15) is 0 Å². The lowest BCUT2D eigenvalue weighted by Gasteiger charge is -2.23. The number of ketones is 1. The van der Waals surface area contributed by atoms with Gasteiger partial charge in [-0.05, 0) is 6.42 Å². The second-order valence-electron chi connectivity index (χ2n) is 4.07. The van der Waals surface area contributed by atoms with Crippen LogP contribution in [0.3, 0.4) is 0 Å². The summed E-state index contributed by atoms with van der Waals surface area (Å²) >= 11 is 0. The van der Waals surface area contributed by atoms with Crippen molar-refractivity contribution in [1.29, 1.82) is 0 Å². The topological polar surface area (TPSA) is 98.0 Å². The van der Waals surface area contributed by atoms with Crippen molar-refractivity contribution in [3.05, 3.63) is 0 Å². The summed E-state index contributed by atoms with van der Waals surface area (Å²) in [4.78, 5) is 11.3. The summed E-state index contributed by atoms with van der Waals surface area (Å²) in [6, 6.07) is 0. The second kappa shape index (κ2) is 7.73. The molecule has 0 fully saturated rings. The Morgan fingerprint density at radius 1 is 1.19 bits per heavy atom. The maximum atomic E-state index is 11.3. The van der Waals surface area contributed by atoms with Crippen molar-refractivity contribution >= 4 is 5.78 Å². The number of rotatable bonds is 9. The molecule has 0 aromatic rings. The average Bonchev–Trinajstić information content (AvgIpc) is 2.27.